The monoisotopic (exact) mass is 447 g/mol. The third-order valence-electron chi connectivity index (χ3n) is 5.31. The number of carbonyl (C=O) groups excluding carboxylic acids is 4. The molecule has 0 saturated carbocycles. The molecule has 4 amide bonds. The average Bonchev–Trinajstić information content (AvgIpc) is 2.77. The predicted molar refractivity (Wildman–Crippen MR) is 120 cm³/mol. The van der Waals surface area contributed by atoms with Gasteiger partial charge in [0, 0.05) is 68.5 Å². The summed E-state index contributed by atoms with van der Waals surface area (Å²) in [5.41, 5.74) is 0.0233. The molecule has 1 fully saturated rings. The van der Waals surface area contributed by atoms with Crippen LogP contribution < -0.4 is 4.74 Å². The fourth-order valence-corrected chi connectivity index (χ4v) is 3.33. The SMILES string of the molecule is CCN1CCN(C(=O)c2ccc(C(=O)N(C)C)c(C(=O)N(C)C)c2OC(=O)N(C)C)CC1. The lowest BCUT2D eigenvalue weighted by atomic mass is 9.98. The minimum atomic E-state index is -0.753. The molecule has 0 atom stereocenters. The lowest BCUT2D eigenvalue weighted by molar-refractivity contribution is 0.0639. The van der Waals surface area contributed by atoms with Gasteiger partial charge in [-0.1, -0.05) is 6.92 Å². The standard InChI is InChI=1S/C22H33N5O5/c1-8-26-11-13-27(14-12-26)20(29)16-10-9-15(19(28)23(2)3)17(21(30)24(4)5)18(16)32-22(31)25(6)7/h9-10H,8,11-14H2,1-7H3. The van der Waals surface area contributed by atoms with Gasteiger partial charge < -0.3 is 29.2 Å². The van der Waals surface area contributed by atoms with E-state index < -0.39 is 17.9 Å². The van der Waals surface area contributed by atoms with Gasteiger partial charge in [0.2, 0.25) is 0 Å². The first-order valence-corrected chi connectivity index (χ1v) is 10.5. The number of piperazine rings is 1. The van der Waals surface area contributed by atoms with Crippen LogP contribution in [0.25, 0.3) is 0 Å². The quantitative estimate of drug-likeness (QED) is 0.667. The van der Waals surface area contributed by atoms with Gasteiger partial charge in [-0.25, -0.2) is 4.79 Å². The highest BCUT2D eigenvalue weighted by atomic mass is 16.6. The van der Waals surface area contributed by atoms with Crippen LogP contribution in [0.1, 0.15) is 38.0 Å². The molecule has 1 aromatic carbocycles. The fraction of sp³-hybridized carbons (Fsp3) is 0.545. The molecule has 0 aliphatic carbocycles. The van der Waals surface area contributed by atoms with Crippen molar-refractivity contribution in [3.8, 4) is 5.75 Å². The van der Waals surface area contributed by atoms with E-state index >= 15 is 0 Å². The molecule has 0 radical (unpaired) electrons. The van der Waals surface area contributed by atoms with E-state index in [1.54, 1.807) is 19.0 Å². The summed E-state index contributed by atoms with van der Waals surface area (Å²) in [7, 11) is 9.17. The maximum Gasteiger partial charge on any atom is 0.414 e. The lowest BCUT2D eigenvalue weighted by Crippen LogP contribution is -2.48. The first kappa shape index (κ1) is 25.1. The van der Waals surface area contributed by atoms with Crippen molar-refractivity contribution in [1.82, 2.24) is 24.5 Å². The van der Waals surface area contributed by atoms with Gasteiger partial charge in [-0.15, -0.1) is 0 Å². The van der Waals surface area contributed by atoms with Gasteiger partial charge in [0.1, 0.15) is 0 Å². The molecule has 0 bridgehead atoms. The molecule has 1 heterocycles. The molecular weight excluding hydrogens is 414 g/mol. The summed E-state index contributed by atoms with van der Waals surface area (Å²) < 4.78 is 5.55. The maximum atomic E-state index is 13.4. The molecule has 10 nitrogen and oxygen atoms in total. The Morgan fingerprint density at radius 3 is 1.81 bits per heavy atom. The van der Waals surface area contributed by atoms with E-state index in [2.05, 4.69) is 11.8 Å². The maximum absolute atomic E-state index is 13.4. The number of hydrogen-bond donors (Lipinski definition) is 0. The molecule has 32 heavy (non-hydrogen) atoms. The fourth-order valence-electron chi connectivity index (χ4n) is 3.33. The summed E-state index contributed by atoms with van der Waals surface area (Å²) in [5.74, 6) is -1.52. The largest absolute Gasteiger partial charge is 0.414 e. The molecule has 1 saturated heterocycles. The van der Waals surface area contributed by atoms with Gasteiger partial charge in [0.25, 0.3) is 17.7 Å². The Morgan fingerprint density at radius 1 is 0.812 bits per heavy atom. The summed E-state index contributed by atoms with van der Waals surface area (Å²) in [4.78, 5) is 59.5. The second-order valence-electron chi connectivity index (χ2n) is 8.25. The summed E-state index contributed by atoms with van der Waals surface area (Å²) >= 11 is 0. The number of nitrogens with zero attached hydrogens (tertiary/aromatic N) is 5. The van der Waals surface area contributed by atoms with E-state index in [0.717, 1.165) is 19.6 Å². The Balaban J connectivity index is 2.66. The van der Waals surface area contributed by atoms with E-state index in [1.165, 1.54) is 55.0 Å². The smallest absolute Gasteiger partial charge is 0.408 e. The summed E-state index contributed by atoms with van der Waals surface area (Å²) in [6, 6.07) is 2.90. The zero-order valence-corrected chi connectivity index (χ0v) is 20.0. The summed E-state index contributed by atoms with van der Waals surface area (Å²) in [5, 5.41) is 0. The number of likely N-dealkylation sites (N-methyl/N-ethyl adjacent to an activating group) is 1. The van der Waals surface area contributed by atoms with Crippen molar-refractivity contribution in [2.24, 2.45) is 0 Å². The Morgan fingerprint density at radius 2 is 1.34 bits per heavy atom. The van der Waals surface area contributed by atoms with E-state index in [-0.39, 0.29) is 28.3 Å². The number of ether oxygens (including phenoxy) is 1. The first-order chi connectivity index (χ1) is 15.0. The van der Waals surface area contributed by atoms with Crippen LogP contribution in [0.4, 0.5) is 4.79 Å². The van der Waals surface area contributed by atoms with Crippen LogP contribution in [0, 0.1) is 0 Å². The van der Waals surface area contributed by atoms with E-state index in [4.69, 9.17) is 4.74 Å². The third kappa shape index (κ3) is 5.37. The molecule has 1 aromatic rings. The average molecular weight is 448 g/mol. The molecule has 2 rings (SSSR count). The van der Waals surface area contributed by atoms with Crippen LogP contribution in [-0.4, -0.2) is 123 Å². The highest BCUT2D eigenvalue weighted by Gasteiger charge is 2.32. The van der Waals surface area contributed by atoms with Gasteiger partial charge in [0.15, 0.2) is 5.75 Å². The molecule has 176 valence electrons. The highest BCUT2D eigenvalue weighted by molar-refractivity contribution is 6.12. The van der Waals surface area contributed by atoms with Gasteiger partial charge in [-0.2, -0.15) is 0 Å². The zero-order chi connectivity index (χ0) is 24.2. The lowest BCUT2D eigenvalue weighted by Gasteiger charge is -2.34. The van der Waals surface area contributed by atoms with Crippen molar-refractivity contribution in [3.63, 3.8) is 0 Å². The van der Waals surface area contributed by atoms with E-state index in [0.29, 0.717) is 13.1 Å². The van der Waals surface area contributed by atoms with Crippen molar-refractivity contribution in [1.29, 1.82) is 0 Å². The minimum Gasteiger partial charge on any atom is -0.408 e. The topological polar surface area (TPSA) is 93.7 Å². The Hall–Kier alpha value is -3.14. The van der Waals surface area contributed by atoms with Crippen LogP contribution in [0.5, 0.6) is 5.75 Å². The molecule has 10 heteroatoms. The highest BCUT2D eigenvalue weighted by Crippen LogP contribution is 2.31. The van der Waals surface area contributed by atoms with Crippen LogP contribution in [0.15, 0.2) is 12.1 Å². The van der Waals surface area contributed by atoms with E-state index in [1.807, 2.05) is 0 Å². The van der Waals surface area contributed by atoms with Crippen molar-refractivity contribution in [2.75, 3.05) is 75.0 Å². The van der Waals surface area contributed by atoms with Crippen LogP contribution in [0.3, 0.4) is 0 Å². The molecule has 0 N–H and O–H groups in total. The zero-order valence-electron chi connectivity index (χ0n) is 20.0. The Bertz CT molecular complexity index is 889. The van der Waals surface area contributed by atoms with Gasteiger partial charge in [-0.05, 0) is 18.7 Å². The second-order valence-corrected chi connectivity index (χ2v) is 8.25. The Kier molecular flexibility index (Phi) is 8.20. The second kappa shape index (κ2) is 10.4. The Labute approximate surface area is 189 Å². The summed E-state index contributed by atoms with van der Waals surface area (Å²) in [6.45, 7) is 5.46. The van der Waals surface area contributed by atoms with Crippen LogP contribution in [-0.2, 0) is 0 Å². The van der Waals surface area contributed by atoms with Crippen LogP contribution in [0.2, 0.25) is 0 Å². The van der Waals surface area contributed by atoms with E-state index in [9.17, 15) is 19.2 Å². The summed E-state index contributed by atoms with van der Waals surface area (Å²) in [6.07, 6.45) is -0.753. The number of hydrogen-bond acceptors (Lipinski definition) is 6. The minimum absolute atomic E-state index is 0.0580. The van der Waals surface area contributed by atoms with Gasteiger partial charge >= 0.3 is 6.09 Å². The van der Waals surface area contributed by atoms with Crippen molar-refractivity contribution < 1.29 is 23.9 Å². The molecule has 1 aliphatic rings. The molecule has 0 unspecified atom stereocenters. The van der Waals surface area contributed by atoms with Gasteiger partial charge in [0.05, 0.1) is 16.7 Å². The van der Waals surface area contributed by atoms with Crippen molar-refractivity contribution >= 4 is 23.8 Å². The normalized spacial score (nSPS) is 14.0. The van der Waals surface area contributed by atoms with Gasteiger partial charge in [-0.3, -0.25) is 14.4 Å². The number of rotatable bonds is 5. The number of carbonyl (C=O) groups is 4. The third-order valence-corrected chi connectivity index (χ3v) is 5.31. The van der Waals surface area contributed by atoms with Crippen molar-refractivity contribution in [3.05, 3.63) is 28.8 Å². The molecular formula is C22H33N5O5. The first-order valence-electron chi connectivity index (χ1n) is 10.5. The number of amides is 4. The molecule has 0 aromatic heterocycles. The number of benzene rings is 1. The molecule has 0 spiro atoms. The predicted octanol–water partition coefficient (Wildman–Crippen LogP) is 0.928. The van der Waals surface area contributed by atoms with Crippen molar-refractivity contribution in [2.45, 2.75) is 6.92 Å². The van der Waals surface area contributed by atoms with Crippen LogP contribution >= 0.6 is 0 Å². The molecule has 1 aliphatic heterocycles.